The molecule has 76 valence electrons. The number of hydrogen-bond acceptors (Lipinski definition) is 3. The quantitative estimate of drug-likeness (QED) is 0.649. The molecule has 1 rings (SSSR count). The lowest BCUT2D eigenvalue weighted by atomic mass is 10.2. The Morgan fingerprint density at radius 2 is 2.29 bits per heavy atom. The average molecular weight is 197 g/mol. The van der Waals surface area contributed by atoms with Gasteiger partial charge in [0.25, 0.3) is 0 Å². The van der Waals surface area contributed by atoms with Gasteiger partial charge in [-0.25, -0.2) is 4.79 Å². The zero-order valence-electron chi connectivity index (χ0n) is 7.87. The van der Waals surface area contributed by atoms with Gasteiger partial charge in [0, 0.05) is 6.92 Å². The van der Waals surface area contributed by atoms with E-state index in [0.717, 1.165) is 0 Å². The highest BCUT2D eigenvalue weighted by Gasteiger charge is 2.13. The minimum atomic E-state index is -1.09. The number of amides is 1. The number of aromatic amines is 1. The van der Waals surface area contributed by atoms with Crippen molar-refractivity contribution in [1.82, 2.24) is 15.5 Å². The minimum Gasteiger partial charge on any atom is -0.476 e. The fourth-order valence-corrected chi connectivity index (χ4v) is 1.05. The highest BCUT2D eigenvalue weighted by Crippen LogP contribution is 2.09. The molecule has 0 aromatic carbocycles. The Kier molecular flexibility index (Phi) is 2.85. The molecule has 0 saturated carbocycles. The van der Waals surface area contributed by atoms with E-state index < -0.39 is 5.97 Å². The highest BCUT2D eigenvalue weighted by molar-refractivity contribution is 5.85. The zero-order chi connectivity index (χ0) is 10.7. The molecule has 14 heavy (non-hydrogen) atoms. The minimum absolute atomic E-state index is 0.0581. The second-order valence-corrected chi connectivity index (χ2v) is 2.94. The smallest absolute Gasteiger partial charge is 0.356 e. The van der Waals surface area contributed by atoms with Gasteiger partial charge in [0.05, 0.1) is 11.7 Å². The third kappa shape index (κ3) is 2.32. The molecule has 3 N–H and O–H groups in total. The van der Waals surface area contributed by atoms with E-state index >= 15 is 0 Å². The van der Waals surface area contributed by atoms with Crippen LogP contribution in [-0.4, -0.2) is 27.2 Å². The summed E-state index contributed by atoms with van der Waals surface area (Å²) in [5, 5.41) is 17.3. The summed E-state index contributed by atoms with van der Waals surface area (Å²) in [7, 11) is 0. The van der Waals surface area contributed by atoms with E-state index in [1.54, 1.807) is 6.92 Å². The number of hydrogen-bond donors (Lipinski definition) is 3. The van der Waals surface area contributed by atoms with Crippen LogP contribution in [0.25, 0.3) is 0 Å². The Morgan fingerprint density at radius 1 is 1.64 bits per heavy atom. The van der Waals surface area contributed by atoms with Crippen LogP contribution >= 0.6 is 0 Å². The summed E-state index contributed by atoms with van der Waals surface area (Å²) in [6.07, 6.45) is 0. The standard InChI is InChI=1S/C8H11N3O3/c1-4(9-5(2)12)6-3-7(8(13)14)11-10-6/h3-4H,1-2H3,(H,9,12)(H,10,11)(H,13,14). The number of carboxylic acids is 1. The molecule has 0 spiro atoms. The highest BCUT2D eigenvalue weighted by atomic mass is 16.4. The third-order valence-corrected chi connectivity index (χ3v) is 1.70. The van der Waals surface area contributed by atoms with Crippen LogP contribution in [0.4, 0.5) is 0 Å². The Hall–Kier alpha value is -1.85. The first kappa shape index (κ1) is 10.2. The first-order valence-corrected chi connectivity index (χ1v) is 4.06. The molecule has 6 heteroatoms. The van der Waals surface area contributed by atoms with Crippen LogP contribution in [0.2, 0.25) is 0 Å². The van der Waals surface area contributed by atoms with Gasteiger partial charge in [-0.2, -0.15) is 5.10 Å². The Bertz CT molecular complexity index is 358. The fourth-order valence-electron chi connectivity index (χ4n) is 1.05. The van der Waals surface area contributed by atoms with E-state index in [4.69, 9.17) is 5.11 Å². The maximum atomic E-state index is 10.7. The number of nitrogens with one attached hydrogen (secondary N) is 2. The predicted octanol–water partition coefficient (Wildman–Crippen LogP) is 0.305. The molecule has 1 unspecified atom stereocenters. The summed E-state index contributed by atoms with van der Waals surface area (Å²) in [6.45, 7) is 3.13. The number of carbonyl (C=O) groups excluding carboxylic acids is 1. The summed E-state index contributed by atoms with van der Waals surface area (Å²) < 4.78 is 0. The van der Waals surface area contributed by atoms with Crippen molar-refractivity contribution in [3.63, 3.8) is 0 Å². The molecule has 0 aliphatic heterocycles. The Morgan fingerprint density at radius 3 is 2.71 bits per heavy atom. The summed E-state index contributed by atoms with van der Waals surface area (Å²) in [5.74, 6) is -1.27. The van der Waals surface area contributed by atoms with Gasteiger partial charge in [-0.1, -0.05) is 0 Å². The zero-order valence-corrected chi connectivity index (χ0v) is 7.87. The number of H-pyrrole nitrogens is 1. The van der Waals surface area contributed by atoms with Crippen molar-refractivity contribution in [1.29, 1.82) is 0 Å². The van der Waals surface area contributed by atoms with E-state index in [1.807, 2.05) is 0 Å². The number of carboxylic acid groups (broad SMARTS) is 1. The van der Waals surface area contributed by atoms with Gasteiger partial charge in [0.2, 0.25) is 5.91 Å². The lowest BCUT2D eigenvalue weighted by Crippen LogP contribution is -2.23. The molecule has 0 fully saturated rings. The largest absolute Gasteiger partial charge is 0.476 e. The first-order chi connectivity index (χ1) is 6.50. The van der Waals surface area contributed by atoms with Crippen LogP contribution in [0.1, 0.15) is 36.1 Å². The number of nitrogens with zero attached hydrogens (tertiary/aromatic N) is 1. The van der Waals surface area contributed by atoms with Crippen LogP contribution < -0.4 is 5.32 Å². The molecule has 0 bridgehead atoms. The molecule has 0 radical (unpaired) electrons. The molecule has 1 heterocycles. The van der Waals surface area contributed by atoms with E-state index in [9.17, 15) is 9.59 Å². The summed E-state index contributed by atoms with van der Waals surface area (Å²) in [5.41, 5.74) is 0.509. The molecular weight excluding hydrogens is 186 g/mol. The second-order valence-electron chi connectivity index (χ2n) is 2.94. The number of carbonyl (C=O) groups is 2. The van der Waals surface area contributed by atoms with Gasteiger partial charge in [0.15, 0.2) is 5.69 Å². The van der Waals surface area contributed by atoms with Crippen LogP contribution in [-0.2, 0) is 4.79 Å². The normalized spacial score (nSPS) is 12.1. The van der Waals surface area contributed by atoms with Gasteiger partial charge in [-0.15, -0.1) is 0 Å². The second kappa shape index (κ2) is 3.91. The van der Waals surface area contributed by atoms with E-state index in [-0.39, 0.29) is 17.6 Å². The Balaban J connectivity index is 2.76. The predicted molar refractivity (Wildman–Crippen MR) is 47.8 cm³/mol. The lowest BCUT2D eigenvalue weighted by Gasteiger charge is -2.08. The SMILES string of the molecule is CC(=O)NC(C)c1cc(C(=O)O)n[nH]1. The molecule has 1 aromatic rings. The van der Waals surface area contributed by atoms with E-state index in [2.05, 4.69) is 15.5 Å². The van der Waals surface area contributed by atoms with Gasteiger partial charge < -0.3 is 10.4 Å². The van der Waals surface area contributed by atoms with Crippen molar-refractivity contribution in [2.24, 2.45) is 0 Å². The van der Waals surface area contributed by atoms with Gasteiger partial charge in [0.1, 0.15) is 0 Å². The summed E-state index contributed by atoms with van der Waals surface area (Å²) in [4.78, 5) is 21.2. The number of aromatic nitrogens is 2. The Labute approximate surface area is 80.3 Å². The van der Waals surface area contributed by atoms with Crippen LogP contribution in [0.5, 0.6) is 0 Å². The van der Waals surface area contributed by atoms with Gasteiger partial charge in [-0.05, 0) is 13.0 Å². The van der Waals surface area contributed by atoms with Crippen molar-refractivity contribution in [3.8, 4) is 0 Å². The van der Waals surface area contributed by atoms with Crippen LogP contribution in [0.3, 0.4) is 0 Å². The molecule has 0 aliphatic carbocycles. The molecular formula is C8H11N3O3. The molecule has 6 nitrogen and oxygen atoms in total. The van der Waals surface area contributed by atoms with Crippen molar-refractivity contribution in [2.45, 2.75) is 19.9 Å². The molecule has 0 aliphatic rings. The topological polar surface area (TPSA) is 95.1 Å². The summed E-state index contributed by atoms with van der Waals surface area (Å²) in [6, 6.07) is 1.12. The average Bonchev–Trinajstić information content (AvgIpc) is 2.50. The van der Waals surface area contributed by atoms with Crippen LogP contribution in [0, 0.1) is 0 Å². The maximum Gasteiger partial charge on any atom is 0.356 e. The first-order valence-electron chi connectivity index (χ1n) is 4.06. The van der Waals surface area contributed by atoms with Gasteiger partial charge >= 0.3 is 5.97 Å². The fraction of sp³-hybridized carbons (Fsp3) is 0.375. The molecule has 1 amide bonds. The number of aromatic carboxylic acids is 1. The molecule has 1 aromatic heterocycles. The maximum absolute atomic E-state index is 10.7. The van der Waals surface area contributed by atoms with Crippen LogP contribution in [0.15, 0.2) is 6.07 Å². The third-order valence-electron chi connectivity index (χ3n) is 1.70. The molecule has 0 saturated heterocycles. The van der Waals surface area contributed by atoms with Crippen molar-refractivity contribution in [3.05, 3.63) is 17.5 Å². The van der Waals surface area contributed by atoms with Crippen molar-refractivity contribution < 1.29 is 14.7 Å². The number of rotatable bonds is 3. The monoisotopic (exact) mass is 197 g/mol. The van der Waals surface area contributed by atoms with Crippen molar-refractivity contribution >= 4 is 11.9 Å². The van der Waals surface area contributed by atoms with Crippen molar-refractivity contribution in [2.75, 3.05) is 0 Å². The lowest BCUT2D eigenvalue weighted by molar-refractivity contribution is -0.119. The van der Waals surface area contributed by atoms with Gasteiger partial charge in [-0.3, -0.25) is 9.89 Å². The van der Waals surface area contributed by atoms with E-state index in [1.165, 1.54) is 13.0 Å². The molecule has 1 atom stereocenters. The summed E-state index contributed by atoms with van der Waals surface area (Å²) >= 11 is 0. The van der Waals surface area contributed by atoms with E-state index in [0.29, 0.717) is 5.69 Å².